The van der Waals surface area contributed by atoms with Gasteiger partial charge in [0.1, 0.15) is 12.2 Å². The molecular formula is C10H18N8S. The third-order valence-corrected chi connectivity index (χ3v) is 3.49. The fourth-order valence-electron chi connectivity index (χ4n) is 1.59. The largest absolute Gasteiger partial charge is 0.318 e. The van der Waals surface area contributed by atoms with Crippen LogP contribution in [-0.2, 0) is 18.8 Å². The predicted molar refractivity (Wildman–Crippen MR) is 71.6 cm³/mol. The number of rotatable bonds is 8. The smallest absolute Gasteiger partial charge is 0.209 e. The van der Waals surface area contributed by atoms with Crippen molar-refractivity contribution in [2.75, 3.05) is 13.6 Å². The SMILES string of the molecule is CCCn1ncnc1CSc1nnnn1CCNC. The average molecular weight is 282 g/mol. The Hall–Kier alpha value is -1.48. The van der Waals surface area contributed by atoms with Crippen molar-refractivity contribution in [3.05, 3.63) is 12.2 Å². The highest BCUT2D eigenvalue weighted by Crippen LogP contribution is 2.18. The predicted octanol–water partition coefficient (Wildman–Crippen LogP) is 0.186. The molecule has 0 bridgehead atoms. The van der Waals surface area contributed by atoms with E-state index in [1.54, 1.807) is 22.8 Å². The molecule has 2 aromatic heterocycles. The van der Waals surface area contributed by atoms with E-state index in [9.17, 15) is 0 Å². The van der Waals surface area contributed by atoms with Crippen LogP contribution in [0, 0.1) is 0 Å². The Morgan fingerprint density at radius 3 is 3.00 bits per heavy atom. The van der Waals surface area contributed by atoms with Crippen LogP contribution in [0.1, 0.15) is 19.2 Å². The highest BCUT2D eigenvalue weighted by Gasteiger charge is 2.09. The summed E-state index contributed by atoms with van der Waals surface area (Å²) in [4.78, 5) is 4.27. The van der Waals surface area contributed by atoms with E-state index in [1.165, 1.54) is 0 Å². The summed E-state index contributed by atoms with van der Waals surface area (Å²) in [6.45, 7) is 4.61. The first-order chi connectivity index (χ1) is 9.35. The second-order valence-electron chi connectivity index (χ2n) is 3.98. The molecule has 0 atom stereocenters. The quantitative estimate of drug-likeness (QED) is 0.691. The first-order valence-electron chi connectivity index (χ1n) is 6.25. The fraction of sp³-hybridized carbons (Fsp3) is 0.700. The number of nitrogens with zero attached hydrogens (tertiary/aromatic N) is 7. The minimum atomic E-state index is 0.722. The summed E-state index contributed by atoms with van der Waals surface area (Å²) in [5, 5.41) is 19.8. The zero-order chi connectivity index (χ0) is 13.5. The van der Waals surface area contributed by atoms with Crippen LogP contribution in [-0.4, -0.2) is 48.6 Å². The maximum Gasteiger partial charge on any atom is 0.209 e. The summed E-state index contributed by atoms with van der Waals surface area (Å²) in [6, 6.07) is 0. The van der Waals surface area contributed by atoms with Crippen molar-refractivity contribution in [3.8, 4) is 0 Å². The molecule has 2 aromatic rings. The number of nitrogens with one attached hydrogen (secondary N) is 1. The van der Waals surface area contributed by atoms with Gasteiger partial charge in [-0.15, -0.1) is 5.10 Å². The van der Waals surface area contributed by atoms with Gasteiger partial charge >= 0.3 is 0 Å². The molecule has 0 spiro atoms. The first-order valence-corrected chi connectivity index (χ1v) is 7.24. The lowest BCUT2D eigenvalue weighted by Gasteiger charge is -2.05. The zero-order valence-corrected chi connectivity index (χ0v) is 12.0. The van der Waals surface area contributed by atoms with E-state index in [2.05, 4.69) is 37.8 Å². The van der Waals surface area contributed by atoms with E-state index >= 15 is 0 Å². The molecule has 0 aromatic carbocycles. The Morgan fingerprint density at radius 1 is 1.32 bits per heavy atom. The summed E-state index contributed by atoms with van der Waals surface area (Å²) < 4.78 is 3.72. The number of aryl methyl sites for hydroxylation is 1. The van der Waals surface area contributed by atoms with Gasteiger partial charge in [0.25, 0.3) is 0 Å². The number of hydrogen-bond donors (Lipinski definition) is 1. The normalized spacial score (nSPS) is 11.1. The van der Waals surface area contributed by atoms with Gasteiger partial charge in [0.2, 0.25) is 5.16 Å². The van der Waals surface area contributed by atoms with Gasteiger partial charge in [0, 0.05) is 13.1 Å². The first kappa shape index (κ1) is 13.9. The second kappa shape index (κ2) is 7.19. The summed E-state index contributed by atoms with van der Waals surface area (Å²) in [5.41, 5.74) is 0. The summed E-state index contributed by atoms with van der Waals surface area (Å²) >= 11 is 1.58. The van der Waals surface area contributed by atoms with Crippen LogP contribution in [0.5, 0.6) is 0 Å². The number of aromatic nitrogens is 7. The van der Waals surface area contributed by atoms with Gasteiger partial charge in [0.05, 0.1) is 12.3 Å². The molecule has 0 aliphatic rings. The molecular weight excluding hydrogens is 264 g/mol. The minimum Gasteiger partial charge on any atom is -0.318 e. The molecule has 9 heteroatoms. The molecule has 0 unspecified atom stereocenters. The van der Waals surface area contributed by atoms with Crippen molar-refractivity contribution < 1.29 is 0 Å². The van der Waals surface area contributed by atoms with Crippen LogP contribution < -0.4 is 5.32 Å². The maximum atomic E-state index is 4.27. The number of tetrazole rings is 1. The Balaban J connectivity index is 1.94. The van der Waals surface area contributed by atoms with Crippen molar-refractivity contribution in [2.45, 2.75) is 37.3 Å². The van der Waals surface area contributed by atoms with Crippen molar-refractivity contribution in [1.29, 1.82) is 0 Å². The molecule has 1 N–H and O–H groups in total. The fourth-order valence-corrected chi connectivity index (χ4v) is 2.44. The van der Waals surface area contributed by atoms with Crippen molar-refractivity contribution >= 4 is 11.8 Å². The van der Waals surface area contributed by atoms with Crippen LogP contribution in [0.25, 0.3) is 0 Å². The van der Waals surface area contributed by atoms with Crippen LogP contribution in [0.3, 0.4) is 0 Å². The van der Waals surface area contributed by atoms with Crippen LogP contribution in [0.4, 0.5) is 0 Å². The molecule has 104 valence electrons. The summed E-state index contributed by atoms with van der Waals surface area (Å²) in [7, 11) is 1.91. The topological polar surface area (TPSA) is 86.3 Å². The van der Waals surface area contributed by atoms with Crippen molar-refractivity contribution in [1.82, 2.24) is 40.3 Å². The lowest BCUT2D eigenvalue weighted by atomic mass is 10.5. The molecule has 2 rings (SSSR count). The van der Waals surface area contributed by atoms with Crippen LogP contribution in [0.15, 0.2) is 11.5 Å². The average Bonchev–Trinajstić information content (AvgIpc) is 3.03. The van der Waals surface area contributed by atoms with E-state index in [0.29, 0.717) is 0 Å². The molecule has 0 aliphatic heterocycles. The van der Waals surface area contributed by atoms with Gasteiger partial charge in [0.15, 0.2) is 0 Å². The number of thioether (sulfide) groups is 1. The van der Waals surface area contributed by atoms with E-state index in [1.807, 2.05) is 11.7 Å². The molecule has 2 heterocycles. The van der Waals surface area contributed by atoms with E-state index < -0.39 is 0 Å². The van der Waals surface area contributed by atoms with E-state index in [0.717, 1.165) is 42.8 Å². The lowest BCUT2D eigenvalue weighted by molar-refractivity contribution is 0.529. The van der Waals surface area contributed by atoms with Gasteiger partial charge in [-0.25, -0.2) is 14.3 Å². The van der Waals surface area contributed by atoms with Gasteiger partial charge in [-0.1, -0.05) is 18.7 Å². The molecule has 0 fully saturated rings. The van der Waals surface area contributed by atoms with E-state index in [-0.39, 0.29) is 0 Å². The van der Waals surface area contributed by atoms with Gasteiger partial charge < -0.3 is 5.32 Å². The maximum absolute atomic E-state index is 4.27. The highest BCUT2D eigenvalue weighted by molar-refractivity contribution is 7.98. The standard InChI is InChI=1S/C10H18N8S/c1-3-5-17-9(12-8-13-17)7-19-10-14-15-16-18(10)6-4-11-2/h8,11H,3-7H2,1-2H3. The van der Waals surface area contributed by atoms with Gasteiger partial charge in [-0.2, -0.15) is 5.10 Å². The van der Waals surface area contributed by atoms with E-state index in [4.69, 9.17) is 0 Å². The Morgan fingerprint density at radius 2 is 2.21 bits per heavy atom. The van der Waals surface area contributed by atoms with Crippen LogP contribution in [0.2, 0.25) is 0 Å². The third-order valence-electron chi connectivity index (χ3n) is 2.53. The monoisotopic (exact) mass is 282 g/mol. The Kier molecular flexibility index (Phi) is 5.28. The molecule has 0 saturated heterocycles. The number of hydrogen-bond acceptors (Lipinski definition) is 7. The molecule has 19 heavy (non-hydrogen) atoms. The molecule has 0 radical (unpaired) electrons. The van der Waals surface area contributed by atoms with Crippen LogP contribution >= 0.6 is 11.8 Å². The molecule has 0 amide bonds. The second-order valence-corrected chi connectivity index (χ2v) is 4.92. The van der Waals surface area contributed by atoms with Crippen molar-refractivity contribution in [2.24, 2.45) is 0 Å². The molecule has 0 aliphatic carbocycles. The lowest BCUT2D eigenvalue weighted by Crippen LogP contribution is -2.16. The third kappa shape index (κ3) is 3.74. The molecule has 8 nitrogen and oxygen atoms in total. The summed E-state index contributed by atoms with van der Waals surface area (Å²) in [6.07, 6.45) is 2.64. The van der Waals surface area contributed by atoms with Crippen molar-refractivity contribution in [3.63, 3.8) is 0 Å². The Bertz CT molecular complexity index is 493. The molecule has 0 saturated carbocycles. The minimum absolute atomic E-state index is 0.722. The van der Waals surface area contributed by atoms with Gasteiger partial charge in [-0.05, 0) is 23.9 Å². The van der Waals surface area contributed by atoms with Gasteiger partial charge in [-0.3, -0.25) is 0 Å². The number of likely N-dealkylation sites (N-methyl/N-ethyl adjacent to an activating group) is 1. The summed E-state index contributed by atoms with van der Waals surface area (Å²) in [5.74, 6) is 1.68. The zero-order valence-electron chi connectivity index (χ0n) is 11.2. The highest BCUT2D eigenvalue weighted by atomic mass is 32.2. The Labute approximate surface area is 116 Å².